The largest absolute Gasteiger partial charge is 0.481 e. The van der Waals surface area contributed by atoms with Gasteiger partial charge in [0.15, 0.2) is 0 Å². The van der Waals surface area contributed by atoms with E-state index in [1.165, 1.54) is 14.2 Å². The zero-order valence-electron chi connectivity index (χ0n) is 6.37. The fourth-order valence-electron chi connectivity index (χ4n) is 0.630. The highest BCUT2D eigenvalue weighted by Crippen LogP contribution is 2.13. The van der Waals surface area contributed by atoms with Crippen molar-refractivity contribution < 1.29 is 9.47 Å². The zero-order chi connectivity index (χ0) is 8.27. The number of aromatic nitrogens is 2. The fourth-order valence-corrected chi connectivity index (χ4v) is 0.630. The van der Waals surface area contributed by atoms with Crippen LogP contribution in [0.15, 0.2) is 6.07 Å². The van der Waals surface area contributed by atoms with Gasteiger partial charge in [0, 0.05) is 6.92 Å². The molecule has 4 heteroatoms. The Morgan fingerprint density at radius 2 is 1.64 bits per heavy atom. The lowest BCUT2D eigenvalue weighted by molar-refractivity contribution is 0.370. The van der Waals surface area contributed by atoms with Crippen LogP contribution in [0.5, 0.6) is 11.8 Å². The van der Waals surface area contributed by atoms with Gasteiger partial charge in [-0.05, 0) is 0 Å². The van der Waals surface area contributed by atoms with Crippen molar-refractivity contribution in [3.05, 3.63) is 18.8 Å². The fraction of sp³-hybridized carbons (Fsp3) is 0.286. The minimum atomic E-state index is 0.140. The van der Waals surface area contributed by atoms with Gasteiger partial charge >= 0.3 is 0 Å². The van der Waals surface area contributed by atoms with Gasteiger partial charge < -0.3 is 9.47 Å². The summed E-state index contributed by atoms with van der Waals surface area (Å²) in [6, 6.07) is 1.55. The molecular weight excluding hydrogens is 144 g/mol. The van der Waals surface area contributed by atoms with E-state index in [4.69, 9.17) is 16.4 Å². The van der Waals surface area contributed by atoms with Crippen LogP contribution in [0.1, 0.15) is 5.82 Å². The standard InChI is InChI=1S/C7H8N2O2/c1-5-8-6(10-2)4-7(9-5)11-3/h1,4H,2-3H3. The molecule has 0 bridgehead atoms. The van der Waals surface area contributed by atoms with Gasteiger partial charge in [0.25, 0.3) is 0 Å². The molecule has 0 aliphatic carbocycles. The van der Waals surface area contributed by atoms with Gasteiger partial charge in [-0.25, -0.2) is 0 Å². The van der Waals surface area contributed by atoms with E-state index in [-0.39, 0.29) is 5.82 Å². The highest BCUT2D eigenvalue weighted by atomic mass is 16.5. The molecule has 0 atom stereocenters. The van der Waals surface area contributed by atoms with E-state index in [9.17, 15) is 0 Å². The van der Waals surface area contributed by atoms with Crippen LogP contribution in [-0.2, 0) is 0 Å². The van der Waals surface area contributed by atoms with E-state index in [0.29, 0.717) is 11.8 Å². The van der Waals surface area contributed by atoms with Crippen LogP contribution in [0.25, 0.3) is 0 Å². The predicted molar refractivity (Wildman–Crippen MR) is 38.5 cm³/mol. The number of rotatable bonds is 2. The number of ether oxygens (including phenoxy) is 2. The molecule has 1 aromatic rings. The molecule has 0 spiro atoms. The lowest BCUT2D eigenvalue weighted by Gasteiger charge is -2.02. The van der Waals surface area contributed by atoms with E-state index >= 15 is 0 Å². The molecule has 0 N–H and O–H groups in total. The summed E-state index contributed by atoms with van der Waals surface area (Å²) in [4.78, 5) is 7.53. The van der Waals surface area contributed by atoms with Gasteiger partial charge in [0.1, 0.15) is 5.82 Å². The summed E-state index contributed by atoms with van der Waals surface area (Å²) in [6.07, 6.45) is 0. The van der Waals surface area contributed by atoms with E-state index in [0.717, 1.165) is 0 Å². The van der Waals surface area contributed by atoms with Gasteiger partial charge in [0.2, 0.25) is 11.8 Å². The van der Waals surface area contributed by atoms with Crippen molar-refractivity contribution in [2.75, 3.05) is 14.2 Å². The Bertz CT molecular complexity index is 228. The highest BCUT2D eigenvalue weighted by Gasteiger charge is 1.99. The van der Waals surface area contributed by atoms with E-state index < -0.39 is 0 Å². The van der Waals surface area contributed by atoms with Crippen molar-refractivity contribution in [3.63, 3.8) is 0 Å². The molecule has 0 aromatic carbocycles. The average Bonchev–Trinajstić information content (AvgIpc) is 2.03. The maximum Gasteiger partial charge on any atom is 0.220 e. The Morgan fingerprint density at radius 3 is 2.00 bits per heavy atom. The Hall–Kier alpha value is -1.32. The smallest absolute Gasteiger partial charge is 0.220 e. The van der Waals surface area contributed by atoms with Crippen LogP contribution in [-0.4, -0.2) is 24.2 Å². The van der Waals surface area contributed by atoms with Crippen molar-refractivity contribution in [3.8, 4) is 11.8 Å². The second-order valence-electron chi connectivity index (χ2n) is 1.81. The monoisotopic (exact) mass is 152 g/mol. The minimum Gasteiger partial charge on any atom is -0.481 e. The van der Waals surface area contributed by atoms with Gasteiger partial charge in [0.05, 0.1) is 20.3 Å². The maximum absolute atomic E-state index is 5.33. The molecule has 2 radical (unpaired) electrons. The number of nitrogens with zero attached hydrogens (tertiary/aromatic N) is 2. The molecule has 1 aromatic heterocycles. The Kier molecular flexibility index (Phi) is 2.25. The predicted octanol–water partition coefficient (Wildman–Crippen LogP) is 0.553. The van der Waals surface area contributed by atoms with Gasteiger partial charge in [-0.3, -0.25) is 0 Å². The number of methoxy groups -OCH3 is 2. The molecule has 0 aliphatic heterocycles. The summed E-state index contributed by atoms with van der Waals surface area (Å²) >= 11 is 0. The van der Waals surface area contributed by atoms with Crippen LogP contribution in [0.3, 0.4) is 0 Å². The molecule has 0 unspecified atom stereocenters. The molecule has 4 nitrogen and oxygen atoms in total. The van der Waals surface area contributed by atoms with Gasteiger partial charge in [-0.1, -0.05) is 0 Å². The first-order valence-corrected chi connectivity index (χ1v) is 2.99. The lowest BCUT2D eigenvalue weighted by Crippen LogP contribution is -1.95. The van der Waals surface area contributed by atoms with Crippen LogP contribution >= 0.6 is 0 Å². The molecule has 1 rings (SSSR count). The van der Waals surface area contributed by atoms with Crippen molar-refractivity contribution in [1.82, 2.24) is 9.97 Å². The molecule has 0 fully saturated rings. The first-order valence-electron chi connectivity index (χ1n) is 2.99. The molecule has 0 saturated heterocycles. The van der Waals surface area contributed by atoms with Crippen molar-refractivity contribution in [2.45, 2.75) is 0 Å². The van der Waals surface area contributed by atoms with E-state index in [2.05, 4.69) is 9.97 Å². The number of hydrogen-bond donors (Lipinski definition) is 0. The summed E-state index contributed by atoms with van der Waals surface area (Å²) < 4.78 is 9.65. The van der Waals surface area contributed by atoms with Crippen molar-refractivity contribution in [1.29, 1.82) is 0 Å². The van der Waals surface area contributed by atoms with Gasteiger partial charge in [-0.15, -0.1) is 0 Å². The second kappa shape index (κ2) is 3.18. The topological polar surface area (TPSA) is 44.2 Å². The van der Waals surface area contributed by atoms with Crippen LogP contribution in [0.4, 0.5) is 0 Å². The number of hydrogen-bond acceptors (Lipinski definition) is 4. The zero-order valence-corrected chi connectivity index (χ0v) is 6.37. The van der Waals surface area contributed by atoms with Crippen LogP contribution < -0.4 is 9.47 Å². The van der Waals surface area contributed by atoms with Crippen molar-refractivity contribution >= 4 is 0 Å². The summed E-state index contributed by atoms with van der Waals surface area (Å²) in [5.41, 5.74) is 0. The molecule has 58 valence electrons. The lowest BCUT2D eigenvalue weighted by atomic mass is 10.5. The maximum atomic E-state index is 5.33. The third-order valence-electron chi connectivity index (χ3n) is 1.11. The Balaban J connectivity index is 3.02. The molecule has 11 heavy (non-hydrogen) atoms. The summed E-state index contributed by atoms with van der Waals surface area (Å²) in [7, 11) is 3.00. The molecule has 1 heterocycles. The third kappa shape index (κ3) is 1.80. The van der Waals surface area contributed by atoms with Crippen LogP contribution in [0.2, 0.25) is 0 Å². The normalized spacial score (nSPS) is 9.36. The quantitative estimate of drug-likeness (QED) is 0.620. The Morgan fingerprint density at radius 1 is 1.18 bits per heavy atom. The van der Waals surface area contributed by atoms with E-state index in [1.807, 2.05) is 0 Å². The first kappa shape index (κ1) is 7.78. The summed E-state index contributed by atoms with van der Waals surface area (Å²) in [5.74, 6) is 0.935. The third-order valence-corrected chi connectivity index (χ3v) is 1.11. The van der Waals surface area contributed by atoms with Crippen molar-refractivity contribution in [2.24, 2.45) is 0 Å². The SMILES string of the molecule is [CH]c1nc(OC)cc(OC)n1. The molecular formula is C7H8N2O2. The molecule has 0 saturated carbocycles. The Labute approximate surface area is 65.2 Å². The molecule has 0 aliphatic rings. The molecule has 0 amide bonds. The first-order chi connectivity index (χ1) is 5.26. The summed E-state index contributed by atoms with van der Waals surface area (Å²) in [6.45, 7) is 5.33. The minimum absolute atomic E-state index is 0.140. The highest BCUT2D eigenvalue weighted by molar-refractivity contribution is 5.21. The average molecular weight is 152 g/mol. The van der Waals surface area contributed by atoms with Gasteiger partial charge in [-0.2, -0.15) is 9.97 Å². The second-order valence-corrected chi connectivity index (χ2v) is 1.81. The summed E-state index contributed by atoms with van der Waals surface area (Å²) in [5, 5.41) is 0. The van der Waals surface area contributed by atoms with Crippen LogP contribution in [0, 0.1) is 6.92 Å². The van der Waals surface area contributed by atoms with E-state index in [1.54, 1.807) is 6.07 Å².